The van der Waals surface area contributed by atoms with Crippen molar-refractivity contribution >= 4 is 11.8 Å². The lowest BCUT2D eigenvalue weighted by Crippen LogP contribution is -2.44. The van der Waals surface area contributed by atoms with Crippen LogP contribution >= 0.6 is 0 Å². The largest absolute Gasteiger partial charge is 0.354 e. The van der Waals surface area contributed by atoms with Gasteiger partial charge in [0.15, 0.2) is 0 Å². The number of rotatable bonds is 4. The van der Waals surface area contributed by atoms with E-state index in [1.54, 1.807) is 22.8 Å². The molecule has 0 saturated carbocycles. The average Bonchev–Trinajstić information content (AvgIpc) is 3.17. The number of amides is 2. The van der Waals surface area contributed by atoms with Crippen molar-refractivity contribution in [1.82, 2.24) is 25.0 Å². The van der Waals surface area contributed by atoms with Crippen molar-refractivity contribution in [2.24, 2.45) is 7.05 Å². The molecule has 1 N–H and O–H groups in total. The first-order valence-corrected chi connectivity index (χ1v) is 7.78. The van der Waals surface area contributed by atoms with Crippen molar-refractivity contribution in [3.8, 4) is 0 Å². The fraction of sp³-hybridized carbons (Fsp3) is 0.438. The summed E-state index contributed by atoms with van der Waals surface area (Å²) in [6.45, 7) is 2.20. The van der Waals surface area contributed by atoms with Gasteiger partial charge in [0, 0.05) is 45.6 Å². The number of anilines is 1. The Kier molecular flexibility index (Phi) is 4.45. The lowest BCUT2D eigenvalue weighted by Gasteiger charge is -2.21. The lowest BCUT2D eigenvalue weighted by molar-refractivity contribution is 0.203. The van der Waals surface area contributed by atoms with Crippen molar-refractivity contribution in [1.29, 1.82) is 0 Å². The molecular weight excluding hydrogens is 292 g/mol. The van der Waals surface area contributed by atoms with Crippen LogP contribution in [-0.4, -0.2) is 51.9 Å². The summed E-state index contributed by atoms with van der Waals surface area (Å²) in [6, 6.07) is 7.89. The molecule has 1 saturated heterocycles. The molecular formula is C16H22N6O. The van der Waals surface area contributed by atoms with Crippen LogP contribution in [0.1, 0.15) is 12.1 Å². The minimum atomic E-state index is -0.0662. The van der Waals surface area contributed by atoms with Gasteiger partial charge < -0.3 is 15.1 Å². The minimum Gasteiger partial charge on any atom is -0.354 e. The van der Waals surface area contributed by atoms with Crippen LogP contribution in [0.15, 0.2) is 36.7 Å². The fourth-order valence-corrected chi connectivity index (χ4v) is 2.77. The maximum absolute atomic E-state index is 12.3. The van der Waals surface area contributed by atoms with Gasteiger partial charge in [0.25, 0.3) is 0 Å². The molecule has 122 valence electrons. The van der Waals surface area contributed by atoms with E-state index in [9.17, 15) is 4.79 Å². The molecule has 0 bridgehead atoms. The van der Waals surface area contributed by atoms with Crippen LogP contribution in [0.2, 0.25) is 0 Å². The number of aromatic nitrogens is 3. The molecule has 2 amide bonds. The summed E-state index contributed by atoms with van der Waals surface area (Å²) < 4.78 is 1.74. The highest BCUT2D eigenvalue weighted by molar-refractivity contribution is 5.74. The van der Waals surface area contributed by atoms with E-state index >= 15 is 0 Å². The monoisotopic (exact) mass is 314 g/mol. The second-order valence-electron chi connectivity index (χ2n) is 5.91. The third kappa shape index (κ3) is 3.80. The molecule has 1 fully saturated rings. The third-order valence-corrected chi connectivity index (χ3v) is 4.00. The Morgan fingerprint density at radius 2 is 2.30 bits per heavy atom. The number of pyridine rings is 1. The summed E-state index contributed by atoms with van der Waals surface area (Å²) in [5, 5.41) is 7.38. The van der Waals surface area contributed by atoms with E-state index in [2.05, 4.69) is 20.3 Å². The molecule has 3 heterocycles. The zero-order valence-electron chi connectivity index (χ0n) is 13.5. The predicted molar refractivity (Wildman–Crippen MR) is 88.1 cm³/mol. The number of carbonyl (C=O) groups is 1. The number of carbonyl (C=O) groups excluding carboxylic acids is 1. The van der Waals surface area contributed by atoms with Gasteiger partial charge in [-0.15, -0.1) is 0 Å². The third-order valence-electron chi connectivity index (χ3n) is 4.00. The van der Waals surface area contributed by atoms with E-state index in [1.165, 1.54) is 0 Å². The van der Waals surface area contributed by atoms with Crippen molar-refractivity contribution in [3.63, 3.8) is 0 Å². The van der Waals surface area contributed by atoms with Gasteiger partial charge >= 0.3 is 6.03 Å². The van der Waals surface area contributed by atoms with Gasteiger partial charge in [-0.1, -0.05) is 6.07 Å². The van der Waals surface area contributed by atoms with Crippen molar-refractivity contribution in [2.45, 2.75) is 19.0 Å². The number of urea groups is 1. The highest BCUT2D eigenvalue weighted by Gasteiger charge is 2.25. The quantitative estimate of drug-likeness (QED) is 0.922. The van der Waals surface area contributed by atoms with Crippen LogP contribution in [0.5, 0.6) is 0 Å². The molecule has 7 nitrogen and oxygen atoms in total. The number of nitrogens with zero attached hydrogens (tertiary/aromatic N) is 5. The Hall–Kier alpha value is -2.57. The molecule has 1 aliphatic rings. The SMILES string of the molecule is CN(Cc1ccn(C)n1)C(=O)NC1CCN(c2ccccn2)C1. The first-order valence-electron chi connectivity index (χ1n) is 7.78. The van der Waals surface area contributed by atoms with Crippen LogP contribution in [0.3, 0.4) is 0 Å². The Bertz CT molecular complexity index is 656. The van der Waals surface area contributed by atoms with E-state index in [1.807, 2.05) is 37.5 Å². The van der Waals surface area contributed by atoms with Gasteiger partial charge in [0.05, 0.1) is 12.2 Å². The van der Waals surface area contributed by atoms with E-state index in [-0.39, 0.29) is 12.1 Å². The standard InChI is InChI=1S/C16H22N6O/c1-20(11-14-6-9-21(2)19-14)16(23)18-13-7-10-22(12-13)15-5-3-4-8-17-15/h3-6,8-9,13H,7,10-12H2,1-2H3,(H,18,23). The molecule has 23 heavy (non-hydrogen) atoms. The Balaban J connectivity index is 1.50. The first-order chi connectivity index (χ1) is 11.1. The summed E-state index contributed by atoms with van der Waals surface area (Å²) in [5.41, 5.74) is 0.881. The second kappa shape index (κ2) is 6.68. The number of hydrogen-bond donors (Lipinski definition) is 1. The molecule has 2 aromatic heterocycles. The van der Waals surface area contributed by atoms with Crippen molar-refractivity contribution in [3.05, 3.63) is 42.4 Å². The summed E-state index contributed by atoms with van der Waals surface area (Å²) in [6.07, 6.45) is 4.60. The molecule has 3 rings (SSSR count). The normalized spacial score (nSPS) is 17.3. The molecule has 0 aliphatic carbocycles. The Morgan fingerprint density at radius 1 is 1.43 bits per heavy atom. The average molecular weight is 314 g/mol. The van der Waals surface area contributed by atoms with Crippen molar-refractivity contribution < 1.29 is 4.79 Å². The van der Waals surface area contributed by atoms with Gasteiger partial charge in [-0.3, -0.25) is 4.68 Å². The highest BCUT2D eigenvalue weighted by Crippen LogP contribution is 2.17. The van der Waals surface area contributed by atoms with Gasteiger partial charge in [0.2, 0.25) is 0 Å². The Labute approximate surface area is 135 Å². The fourth-order valence-electron chi connectivity index (χ4n) is 2.77. The molecule has 0 aromatic carbocycles. The first kappa shape index (κ1) is 15.3. The Morgan fingerprint density at radius 3 is 3.00 bits per heavy atom. The zero-order valence-corrected chi connectivity index (χ0v) is 13.5. The minimum absolute atomic E-state index is 0.0662. The van der Waals surface area contributed by atoms with E-state index < -0.39 is 0 Å². The molecule has 1 aliphatic heterocycles. The number of aryl methyl sites for hydroxylation is 1. The van der Waals surface area contributed by atoms with Crippen LogP contribution in [-0.2, 0) is 13.6 Å². The molecule has 0 radical (unpaired) electrons. The van der Waals surface area contributed by atoms with E-state index in [0.29, 0.717) is 6.54 Å². The number of hydrogen-bond acceptors (Lipinski definition) is 4. The summed E-state index contributed by atoms with van der Waals surface area (Å²) >= 11 is 0. The van der Waals surface area contributed by atoms with E-state index in [0.717, 1.165) is 31.0 Å². The van der Waals surface area contributed by atoms with Crippen molar-refractivity contribution in [2.75, 3.05) is 25.0 Å². The van der Waals surface area contributed by atoms with Gasteiger partial charge in [-0.2, -0.15) is 5.10 Å². The molecule has 1 atom stereocenters. The predicted octanol–water partition coefficient (Wildman–Crippen LogP) is 1.24. The number of nitrogens with one attached hydrogen (secondary N) is 1. The van der Waals surface area contributed by atoms with Gasteiger partial charge in [-0.25, -0.2) is 9.78 Å². The maximum atomic E-state index is 12.3. The van der Waals surface area contributed by atoms with Crippen LogP contribution in [0.25, 0.3) is 0 Å². The second-order valence-corrected chi connectivity index (χ2v) is 5.91. The molecule has 1 unspecified atom stereocenters. The maximum Gasteiger partial charge on any atom is 0.317 e. The molecule has 7 heteroatoms. The molecule has 2 aromatic rings. The van der Waals surface area contributed by atoms with Gasteiger partial charge in [0.1, 0.15) is 5.82 Å². The van der Waals surface area contributed by atoms with Crippen LogP contribution in [0.4, 0.5) is 10.6 Å². The summed E-state index contributed by atoms with van der Waals surface area (Å²) in [5.74, 6) is 0.964. The van der Waals surface area contributed by atoms with Gasteiger partial charge in [-0.05, 0) is 24.6 Å². The summed E-state index contributed by atoms with van der Waals surface area (Å²) in [4.78, 5) is 20.5. The lowest BCUT2D eigenvalue weighted by atomic mass is 10.3. The van der Waals surface area contributed by atoms with Crippen LogP contribution < -0.4 is 10.2 Å². The van der Waals surface area contributed by atoms with Crippen LogP contribution in [0, 0.1) is 0 Å². The highest BCUT2D eigenvalue weighted by atomic mass is 16.2. The molecule has 0 spiro atoms. The van der Waals surface area contributed by atoms with E-state index in [4.69, 9.17) is 0 Å². The zero-order chi connectivity index (χ0) is 16.2. The smallest absolute Gasteiger partial charge is 0.317 e. The topological polar surface area (TPSA) is 66.3 Å². The summed E-state index contributed by atoms with van der Waals surface area (Å²) in [7, 11) is 3.66.